The van der Waals surface area contributed by atoms with Crippen molar-refractivity contribution in [3.8, 4) is 5.75 Å². The van der Waals surface area contributed by atoms with E-state index in [0.717, 1.165) is 49.4 Å². The smallest absolute Gasteiger partial charge is 0.253 e. The van der Waals surface area contributed by atoms with Crippen LogP contribution >= 0.6 is 11.6 Å². The minimum atomic E-state index is -1.10. The molecule has 1 saturated heterocycles. The van der Waals surface area contributed by atoms with E-state index in [1.165, 1.54) is 4.90 Å². The van der Waals surface area contributed by atoms with Gasteiger partial charge in [0.25, 0.3) is 5.91 Å². The third-order valence-corrected chi connectivity index (χ3v) is 5.29. The Bertz CT molecular complexity index is 808. The quantitative estimate of drug-likeness (QED) is 0.739. The highest BCUT2D eigenvalue weighted by Crippen LogP contribution is 2.21. The van der Waals surface area contributed by atoms with Crippen molar-refractivity contribution in [2.75, 3.05) is 26.7 Å². The summed E-state index contributed by atoms with van der Waals surface area (Å²) in [7, 11) is 1.62. The predicted octanol–water partition coefficient (Wildman–Crippen LogP) is 2.78. The van der Waals surface area contributed by atoms with Gasteiger partial charge in [-0.05, 0) is 36.4 Å². The molecule has 1 amide bonds. The van der Waals surface area contributed by atoms with E-state index in [1.54, 1.807) is 7.11 Å². The van der Waals surface area contributed by atoms with Crippen molar-refractivity contribution in [2.24, 2.45) is 0 Å². The highest BCUT2D eigenvalue weighted by Gasteiger charge is 2.28. The molecule has 2 aromatic carbocycles. The number of carbonyl (C=O) groups excluding carboxylic acids is 1. The minimum absolute atomic E-state index is 0.0615. The third-order valence-electron chi connectivity index (χ3n) is 4.98. The second-order valence-electron chi connectivity index (χ2n) is 6.65. The van der Waals surface area contributed by atoms with E-state index < -0.39 is 17.5 Å². The molecule has 2 aromatic rings. The molecule has 1 fully saturated rings. The van der Waals surface area contributed by atoms with Crippen LogP contribution in [0.3, 0.4) is 0 Å². The summed E-state index contributed by atoms with van der Waals surface area (Å²) in [5, 5.41) is 2.72. The Morgan fingerprint density at radius 1 is 1.19 bits per heavy atom. The zero-order chi connectivity index (χ0) is 19.4. The highest BCUT2D eigenvalue weighted by molar-refractivity contribution is 6.33. The number of ether oxygens (including phenoxy) is 1. The van der Waals surface area contributed by atoms with E-state index in [2.05, 4.69) is 5.32 Å². The van der Waals surface area contributed by atoms with E-state index in [1.807, 2.05) is 24.3 Å². The van der Waals surface area contributed by atoms with Crippen LogP contribution in [0.15, 0.2) is 36.4 Å². The Kier molecular flexibility index (Phi) is 6.29. The van der Waals surface area contributed by atoms with Gasteiger partial charge in [-0.3, -0.25) is 4.79 Å². The molecule has 3 rings (SSSR count). The fourth-order valence-corrected chi connectivity index (χ4v) is 3.73. The fraction of sp³-hybridized carbons (Fsp3) is 0.350. The molecule has 0 aromatic heterocycles. The van der Waals surface area contributed by atoms with Gasteiger partial charge in [0.1, 0.15) is 11.8 Å². The van der Waals surface area contributed by atoms with E-state index >= 15 is 0 Å². The van der Waals surface area contributed by atoms with Crippen LogP contribution in [0.2, 0.25) is 5.02 Å². The second-order valence-corrected chi connectivity index (χ2v) is 7.05. The maximum atomic E-state index is 13.5. The Morgan fingerprint density at radius 3 is 2.44 bits per heavy atom. The Morgan fingerprint density at radius 2 is 1.81 bits per heavy atom. The van der Waals surface area contributed by atoms with Crippen LogP contribution in [-0.4, -0.2) is 32.7 Å². The molecule has 1 aliphatic heterocycles. The number of hydrogen-bond acceptors (Lipinski definition) is 2. The zero-order valence-electron chi connectivity index (χ0n) is 15.0. The predicted molar refractivity (Wildman–Crippen MR) is 99.4 cm³/mol. The number of methoxy groups -OCH3 is 1. The molecule has 7 heteroatoms. The molecule has 1 heterocycles. The average molecular weight is 396 g/mol. The van der Waals surface area contributed by atoms with Crippen LogP contribution < -0.4 is 15.0 Å². The Labute approximate surface area is 162 Å². The summed E-state index contributed by atoms with van der Waals surface area (Å²) in [6.45, 7) is 2.42. The molecule has 1 atom stereocenters. The standard InChI is InChI=1S/C20H21ClF2N2O2/c1-27-14-6-4-13(5-7-14)19(25-8-2-3-9-25)12-24-20(26)15-10-17(22)18(23)11-16(15)21/h4-7,10-11,19H,2-3,8-9,12H2,1H3,(H,24,26)/p+1/t19-/m0/s1. The lowest BCUT2D eigenvalue weighted by atomic mass is 10.0. The molecule has 4 nitrogen and oxygen atoms in total. The Hall–Kier alpha value is -2.18. The van der Waals surface area contributed by atoms with Gasteiger partial charge in [0.05, 0.1) is 37.3 Å². The van der Waals surface area contributed by atoms with E-state index in [4.69, 9.17) is 16.3 Å². The van der Waals surface area contributed by atoms with E-state index in [-0.39, 0.29) is 16.6 Å². The summed E-state index contributed by atoms with van der Waals surface area (Å²) in [5.41, 5.74) is 1.02. The summed E-state index contributed by atoms with van der Waals surface area (Å²) >= 11 is 5.90. The summed E-state index contributed by atoms with van der Waals surface area (Å²) in [6.07, 6.45) is 2.29. The molecule has 0 radical (unpaired) electrons. The molecule has 27 heavy (non-hydrogen) atoms. The van der Waals surface area contributed by atoms with Crippen molar-refractivity contribution in [3.63, 3.8) is 0 Å². The number of quaternary nitrogens is 1. The molecular weight excluding hydrogens is 374 g/mol. The van der Waals surface area contributed by atoms with Gasteiger partial charge >= 0.3 is 0 Å². The van der Waals surface area contributed by atoms with Gasteiger partial charge in [-0.25, -0.2) is 8.78 Å². The number of benzene rings is 2. The fourth-order valence-electron chi connectivity index (χ4n) is 3.50. The van der Waals surface area contributed by atoms with Crippen LogP contribution in [0.25, 0.3) is 0 Å². The number of amides is 1. The van der Waals surface area contributed by atoms with E-state index in [9.17, 15) is 13.6 Å². The van der Waals surface area contributed by atoms with Gasteiger partial charge in [0.15, 0.2) is 11.6 Å². The Balaban J connectivity index is 1.76. The van der Waals surface area contributed by atoms with Crippen LogP contribution in [0.4, 0.5) is 8.78 Å². The van der Waals surface area contributed by atoms with Gasteiger partial charge in [0.2, 0.25) is 0 Å². The minimum Gasteiger partial charge on any atom is -0.497 e. The van der Waals surface area contributed by atoms with Crippen LogP contribution in [0.5, 0.6) is 5.75 Å². The number of nitrogens with one attached hydrogen (secondary N) is 2. The largest absolute Gasteiger partial charge is 0.497 e. The molecule has 0 spiro atoms. The first-order valence-corrected chi connectivity index (χ1v) is 9.28. The lowest BCUT2D eigenvalue weighted by Gasteiger charge is -2.25. The first kappa shape index (κ1) is 19.6. The number of likely N-dealkylation sites (tertiary alicyclic amines) is 1. The first-order valence-electron chi connectivity index (χ1n) is 8.91. The van der Waals surface area contributed by atoms with Gasteiger partial charge in [-0.1, -0.05) is 11.6 Å². The van der Waals surface area contributed by atoms with Crippen molar-refractivity contribution in [2.45, 2.75) is 18.9 Å². The maximum Gasteiger partial charge on any atom is 0.253 e. The molecular formula is C20H22ClF2N2O2+. The normalized spacial score (nSPS) is 15.6. The third kappa shape index (κ3) is 4.57. The molecule has 0 bridgehead atoms. The van der Waals surface area contributed by atoms with Gasteiger partial charge < -0.3 is 15.0 Å². The van der Waals surface area contributed by atoms with Crippen LogP contribution in [0, 0.1) is 11.6 Å². The molecule has 144 valence electrons. The van der Waals surface area contributed by atoms with Gasteiger partial charge in [0, 0.05) is 18.4 Å². The number of rotatable bonds is 6. The summed E-state index contributed by atoms with van der Waals surface area (Å²) < 4.78 is 31.9. The molecule has 1 aliphatic rings. The molecule has 2 N–H and O–H groups in total. The van der Waals surface area contributed by atoms with Crippen LogP contribution in [-0.2, 0) is 0 Å². The zero-order valence-corrected chi connectivity index (χ0v) is 15.8. The lowest BCUT2D eigenvalue weighted by Crippen LogP contribution is -3.11. The maximum absolute atomic E-state index is 13.5. The molecule has 0 saturated carbocycles. The summed E-state index contributed by atoms with van der Waals surface area (Å²) in [4.78, 5) is 13.9. The summed E-state index contributed by atoms with van der Waals surface area (Å²) in [6, 6.07) is 9.48. The van der Waals surface area contributed by atoms with Crippen molar-refractivity contribution in [1.29, 1.82) is 0 Å². The number of hydrogen-bond donors (Lipinski definition) is 2. The summed E-state index contributed by atoms with van der Waals surface area (Å²) in [5.74, 6) is -1.92. The van der Waals surface area contributed by atoms with Crippen molar-refractivity contribution < 1.29 is 23.2 Å². The van der Waals surface area contributed by atoms with E-state index in [0.29, 0.717) is 6.54 Å². The second kappa shape index (κ2) is 8.67. The van der Waals surface area contributed by atoms with Gasteiger partial charge in [-0.15, -0.1) is 0 Å². The topological polar surface area (TPSA) is 42.8 Å². The van der Waals surface area contributed by atoms with Crippen LogP contribution in [0.1, 0.15) is 34.8 Å². The molecule has 0 unspecified atom stereocenters. The van der Waals surface area contributed by atoms with Crippen molar-refractivity contribution >= 4 is 17.5 Å². The van der Waals surface area contributed by atoms with Gasteiger partial charge in [-0.2, -0.15) is 0 Å². The number of halogens is 3. The number of carbonyl (C=O) groups is 1. The van der Waals surface area contributed by atoms with Crippen molar-refractivity contribution in [3.05, 3.63) is 64.2 Å². The first-order chi connectivity index (χ1) is 13.0. The average Bonchev–Trinajstić information content (AvgIpc) is 3.19. The lowest BCUT2D eigenvalue weighted by molar-refractivity contribution is -0.918. The highest BCUT2D eigenvalue weighted by atomic mass is 35.5. The monoisotopic (exact) mass is 395 g/mol. The molecule has 0 aliphatic carbocycles. The SMILES string of the molecule is COc1ccc([C@H](CNC(=O)c2cc(F)c(F)cc2Cl)[NH+]2CCCC2)cc1. The van der Waals surface area contributed by atoms with Crippen molar-refractivity contribution in [1.82, 2.24) is 5.32 Å².